The largest absolute Gasteiger partial charge is 0.353 e. The van der Waals surface area contributed by atoms with Crippen LogP contribution in [0.4, 0.5) is 0 Å². The molecule has 0 spiro atoms. The quantitative estimate of drug-likeness (QED) is 0.803. The summed E-state index contributed by atoms with van der Waals surface area (Å²) in [6, 6.07) is 4.13. The molecule has 0 fully saturated rings. The SMILES string of the molecule is CC(C)NC(=O)C(C)NCc1cccs1. The lowest BCUT2D eigenvalue weighted by atomic mass is 10.2. The maximum absolute atomic E-state index is 11.5. The Morgan fingerprint density at radius 1 is 1.47 bits per heavy atom. The van der Waals surface area contributed by atoms with Crippen molar-refractivity contribution in [2.24, 2.45) is 0 Å². The molecule has 0 radical (unpaired) electrons. The first-order valence-electron chi connectivity index (χ1n) is 5.15. The van der Waals surface area contributed by atoms with Gasteiger partial charge in [0.15, 0.2) is 0 Å². The van der Waals surface area contributed by atoms with Gasteiger partial charge in [0.05, 0.1) is 6.04 Å². The minimum absolute atomic E-state index is 0.0570. The van der Waals surface area contributed by atoms with Crippen molar-refractivity contribution in [3.63, 3.8) is 0 Å². The second-order valence-electron chi connectivity index (χ2n) is 3.85. The highest BCUT2D eigenvalue weighted by Crippen LogP contribution is 2.07. The zero-order valence-electron chi connectivity index (χ0n) is 9.41. The van der Waals surface area contributed by atoms with Crippen molar-refractivity contribution < 1.29 is 4.79 Å². The molecule has 0 aliphatic rings. The van der Waals surface area contributed by atoms with Crippen LogP contribution in [-0.4, -0.2) is 18.0 Å². The lowest BCUT2D eigenvalue weighted by Crippen LogP contribution is -2.44. The molecule has 1 atom stereocenters. The lowest BCUT2D eigenvalue weighted by molar-refractivity contribution is -0.123. The molecule has 1 amide bonds. The molecule has 0 saturated carbocycles. The summed E-state index contributed by atoms with van der Waals surface area (Å²) in [6.07, 6.45) is 0. The first-order valence-corrected chi connectivity index (χ1v) is 6.03. The molecule has 0 saturated heterocycles. The fourth-order valence-electron chi connectivity index (χ4n) is 1.17. The molecule has 0 bridgehead atoms. The zero-order chi connectivity index (χ0) is 11.3. The van der Waals surface area contributed by atoms with E-state index in [0.717, 1.165) is 6.54 Å². The van der Waals surface area contributed by atoms with E-state index in [-0.39, 0.29) is 18.0 Å². The van der Waals surface area contributed by atoms with E-state index in [2.05, 4.69) is 16.7 Å². The average molecular weight is 226 g/mol. The van der Waals surface area contributed by atoms with E-state index < -0.39 is 0 Å². The first kappa shape index (κ1) is 12.2. The minimum Gasteiger partial charge on any atom is -0.353 e. The average Bonchev–Trinajstić information content (AvgIpc) is 2.65. The van der Waals surface area contributed by atoms with E-state index in [9.17, 15) is 4.79 Å². The van der Waals surface area contributed by atoms with Gasteiger partial charge in [-0.2, -0.15) is 0 Å². The highest BCUT2D eigenvalue weighted by atomic mass is 32.1. The maximum Gasteiger partial charge on any atom is 0.237 e. The van der Waals surface area contributed by atoms with E-state index >= 15 is 0 Å². The maximum atomic E-state index is 11.5. The summed E-state index contributed by atoms with van der Waals surface area (Å²) < 4.78 is 0. The molecule has 1 aromatic rings. The normalized spacial score (nSPS) is 12.8. The number of hydrogen-bond donors (Lipinski definition) is 2. The third-order valence-corrected chi connectivity index (χ3v) is 2.86. The number of nitrogens with one attached hydrogen (secondary N) is 2. The highest BCUT2D eigenvalue weighted by molar-refractivity contribution is 7.09. The van der Waals surface area contributed by atoms with E-state index in [1.165, 1.54) is 4.88 Å². The monoisotopic (exact) mass is 226 g/mol. The standard InChI is InChI=1S/C11H18N2OS/c1-8(2)13-11(14)9(3)12-7-10-5-4-6-15-10/h4-6,8-9,12H,7H2,1-3H3,(H,13,14). The number of carbonyl (C=O) groups is 1. The summed E-state index contributed by atoms with van der Waals surface area (Å²) >= 11 is 1.70. The van der Waals surface area contributed by atoms with Gasteiger partial charge in [0.25, 0.3) is 0 Å². The topological polar surface area (TPSA) is 41.1 Å². The summed E-state index contributed by atoms with van der Waals surface area (Å²) in [5.74, 6) is 0.0570. The highest BCUT2D eigenvalue weighted by Gasteiger charge is 2.12. The molecule has 1 unspecified atom stereocenters. The van der Waals surface area contributed by atoms with Crippen LogP contribution in [0.2, 0.25) is 0 Å². The molecule has 1 rings (SSSR count). The second-order valence-corrected chi connectivity index (χ2v) is 4.88. The van der Waals surface area contributed by atoms with Crippen LogP contribution in [0.25, 0.3) is 0 Å². The van der Waals surface area contributed by atoms with Gasteiger partial charge in [-0.3, -0.25) is 4.79 Å². The lowest BCUT2D eigenvalue weighted by Gasteiger charge is -2.15. The Morgan fingerprint density at radius 3 is 2.73 bits per heavy atom. The first-order chi connectivity index (χ1) is 7.09. The Kier molecular flexibility index (Phi) is 4.78. The molecule has 4 heteroatoms. The van der Waals surface area contributed by atoms with Crippen LogP contribution in [0, 0.1) is 0 Å². The van der Waals surface area contributed by atoms with Gasteiger partial charge in [0, 0.05) is 17.5 Å². The number of hydrogen-bond acceptors (Lipinski definition) is 3. The van der Waals surface area contributed by atoms with Gasteiger partial charge in [-0.25, -0.2) is 0 Å². The van der Waals surface area contributed by atoms with E-state index in [1.54, 1.807) is 11.3 Å². The van der Waals surface area contributed by atoms with Crippen LogP contribution in [0.1, 0.15) is 25.6 Å². The van der Waals surface area contributed by atoms with Crippen molar-refractivity contribution in [3.05, 3.63) is 22.4 Å². The number of amides is 1. The smallest absolute Gasteiger partial charge is 0.237 e. The van der Waals surface area contributed by atoms with Crippen LogP contribution in [0.3, 0.4) is 0 Å². The molecule has 2 N–H and O–H groups in total. The van der Waals surface area contributed by atoms with Crippen LogP contribution in [0.15, 0.2) is 17.5 Å². The van der Waals surface area contributed by atoms with Crippen molar-refractivity contribution in [1.29, 1.82) is 0 Å². The molecule has 1 aromatic heterocycles. The molecule has 3 nitrogen and oxygen atoms in total. The summed E-state index contributed by atoms with van der Waals surface area (Å²) in [5.41, 5.74) is 0. The predicted octanol–water partition coefficient (Wildman–Crippen LogP) is 1.75. The molecule has 1 heterocycles. The summed E-state index contributed by atoms with van der Waals surface area (Å²) in [6.45, 7) is 6.56. The van der Waals surface area contributed by atoms with E-state index in [4.69, 9.17) is 0 Å². The predicted molar refractivity (Wildman–Crippen MR) is 63.9 cm³/mol. The van der Waals surface area contributed by atoms with Crippen molar-refractivity contribution in [1.82, 2.24) is 10.6 Å². The summed E-state index contributed by atoms with van der Waals surface area (Å²) in [7, 11) is 0. The molecule has 0 aliphatic carbocycles. The van der Waals surface area contributed by atoms with E-state index in [1.807, 2.05) is 32.2 Å². The van der Waals surface area contributed by atoms with Gasteiger partial charge in [-0.05, 0) is 32.2 Å². The van der Waals surface area contributed by atoms with Crippen molar-refractivity contribution in [3.8, 4) is 0 Å². The Labute approximate surface area is 94.9 Å². The van der Waals surface area contributed by atoms with Crippen LogP contribution in [0.5, 0.6) is 0 Å². The van der Waals surface area contributed by atoms with Gasteiger partial charge in [-0.15, -0.1) is 11.3 Å². The fraction of sp³-hybridized carbons (Fsp3) is 0.545. The Hall–Kier alpha value is -0.870. The molecule has 0 aliphatic heterocycles. The van der Waals surface area contributed by atoms with Crippen LogP contribution in [-0.2, 0) is 11.3 Å². The molecular formula is C11H18N2OS. The van der Waals surface area contributed by atoms with Crippen molar-refractivity contribution in [2.45, 2.75) is 39.4 Å². The summed E-state index contributed by atoms with van der Waals surface area (Å²) in [5, 5.41) is 8.10. The summed E-state index contributed by atoms with van der Waals surface area (Å²) in [4.78, 5) is 12.8. The molecular weight excluding hydrogens is 208 g/mol. The van der Waals surface area contributed by atoms with Gasteiger partial charge in [0.1, 0.15) is 0 Å². The van der Waals surface area contributed by atoms with Gasteiger partial charge < -0.3 is 10.6 Å². The minimum atomic E-state index is -0.144. The second kappa shape index (κ2) is 5.88. The van der Waals surface area contributed by atoms with E-state index in [0.29, 0.717) is 0 Å². The van der Waals surface area contributed by atoms with Gasteiger partial charge in [-0.1, -0.05) is 6.07 Å². The molecule has 15 heavy (non-hydrogen) atoms. The third kappa shape index (κ3) is 4.44. The molecule has 84 valence electrons. The zero-order valence-corrected chi connectivity index (χ0v) is 10.2. The third-order valence-electron chi connectivity index (χ3n) is 1.99. The fourth-order valence-corrected chi connectivity index (χ4v) is 1.82. The number of carbonyl (C=O) groups excluding carboxylic acids is 1. The number of rotatable bonds is 5. The van der Waals surface area contributed by atoms with Crippen molar-refractivity contribution in [2.75, 3.05) is 0 Å². The Bertz CT molecular complexity index is 296. The van der Waals surface area contributed by atoms with Crippen LogP contribution >= 0.6 is 11.3 Å². The molecule has 0 aromatic carbocycles. The van der Waals surface area contributed by atoms with Gasteiger partial charge in [0.2, 0.25) is 5.91 Å². The Balaban J connectivity index is 2.29. The van der Waals surface area contributed by atoms with Crippen LogP contribution < -0.4 is 10.6 Å². The van der Waals surface area contributed by atoms with Gasteiger partial charge >= 0.3 is 0 Å². The Morgan fingerprint density at radius 2 is 2.20 bits per heavy atom. The number of thiophene rings is 1. The van der Waals surface area contributed by atoms with Crippen molar-refractivity contribution >= 4 is 17.2 Å².